The molecule has 0 saturated carbocycles. The van der Waals surface area contributed by atoms with E-state index in [1.807, 2.05) is 32.0 Å². The number of ether oxygens (including phenoxy) is 2. The van der Waals surface area contributed by atoms with Crippen LogP contribution in [0.2, 0.25) is 0 Å². The maximum absolute atomic E-state index is 12.3. The molecule has 2 aromatic carbocycles. The zero-order valence-corrected chi connectivity index (χ0v) is 14.4. The van der Waals surface area contributed by atoms with Gasteiger partial charge in [0.25, 0.3) is 0 Å². The van der Waals surface area contributed by atoms with Crippen molar-refractivity contribution in [2.45, 2.75) is 32.5 Å². The monoisotopic (exact) mass is 364 g/mol. The van der Waals surface area contributed by atoms with E-state index >= 15 is 0 Å². The minimum absolute atomic E-state index is 0.0575. The van der Waals surface area contributed by atoms with E-state index in [4.69, 9.17) is 4.74 Å². The molecule has 0 saturated heterocycles. The van der Waals surface area contributed by atoms with Crippen molar-refractivity contribution in [3.8, 4) is 11.5 Å². The number of halogens is 3. The molecule has 0 spiro atoms. The van der Waals surface area contributed by atoms with Gasteiger partial charge >= 0.3 is 6.36 Å². The summed E-state index contributed by atoms with van der Waals surface area (Å²) in [4.78, 5) is 7.92. The Morgan fingerprint density at radius 3 is 2.35 bits per heavy atom. The smallest absolute Gasteiger partial charge is 0.494 e. The average molecular weight is 364 g/mol. The topological polar surface area (TPSA) is 47.1 Å². The molecule has 0 fully saturated rings. The summed E-state index contributed by atoms with van der Waals surface area (Å²) in [5.74, 6) is 1.23. The minimum Gasteiger partial charge on any atom is -0.494 e. The number of hydrogen-bond donors (Lipinski definition) is 1. The van der Waals surface area contributed by atoms with Gasteiger partial charge in [0, 0.05) is 12.0 Å². The van der Waals surface area contributed by atoms with Crippen molar-refractivity contribution in [1.29, 1.82) is 0 Å². The van der Waals surface area contributed by atoms with Crippen LogP contribution in [0.4, 0.5) is 13.2 Å². The van der Waals surface area contributed by atoms with Crippen molar-refractivity contribution in [2.75, 3.05) is 6.61 Å². The number of aromatic amines is 1. The lowest BCUT2D eigenvalue weighted by atomic mass is 9.96. The maximum Gasteiger partial charge on any atom is 0.573 e. The summed E-state index contributed by atoms with van der Waals surface area (Å²) < 4.78 is 46.3. The second-order valence-electron chi connectivity index (χ2n) is 5.81. The van der Waals surface area contributed by atoms with Gasteiger partial charge in [-0.1, -0.05) is 19.1 Å². The highest BCUT2D eigenvalue weighted by atomic mass is 19.4. The second-order valence-corrected chi connectivity index (χ2v) is 5.81. The summed E-state index contributed by atoms with van der Waals surface area (Å²) in [6, 6.07) is 11.5. The molecule has 0 bridgehead atoms. The highest BCUT2D eigenvalue weighted by Gasteiger charge is 2.31. The number of fused-ring (bicyclic) bond motifs is 1. The molecule has 0 aliphatic carbocycles. The van der Waals surface area contributed by atoms with Gasteiger partial charge in [-0.2, -0.15) is 0 Å². The number of alkyl halides is 3. The van der Waals surface area contributed by atoms with Crippen LogP contribution in [0, 0.1) is 0 Å². The van der Waals surface area contributed by atoms with E-state index in [2.05, 4.69) is 14.7 Å². The number of H-pyrrole nitrogens is 1. The Bertz CT molecular complexity index is 873. The number of aromatic nitrogens is 2. The molecule has 26 heavy (non-hydrogen) atoms. The molecule has 1 atom stereocenters. The summed E-state index contributed by atoms with van der Waals surface area (Å²) >= 11 is 0. The molecule has 0 radical (unpaired) electrons. The van der Waals surface area contributed by atoms with E-state index in [-0.39, 0.29) is 11.7 Å². The van der Waals surface area contributed by atoms with Crippen LogP contribution in [0.5, 0.6) is 11.5 Å². The highest BCUT2D eigenvalue weighted by molar-refractivity contribution is 5.77. The van der Waals surface area contributed by atoms with Crippen LogP contribution < -0.4 is 9.47 Å². The third kappa shape index (κ3) is 4.09. The van der Waals surface area contributed by atoms with Crippen LogP contribution in [-0.2, 0) is 0 Å². The first-order valence-corrected chi connectivity index (χ1v) is 8.37. The zero-order valence-electron chi connectivity index (χ0n) is 14.4. The van der Waals surface area contributed by atoms with Gasteiger partial charge in [0.1, 0.15) is 17.3 Å². The number of hydrogen-bond acceptors (Lipinski definition) is 3. The predicted molar refractivity (Wildman–Crippen MR) is 92.5 cm³/mol. The fourth-order valence-corrected chi connectivity index (χ4v) is 2.92. The summed E-state index contributed by atoms with van der Waals surface area (Å²) in [7, 11) is 0. The fourth-order valence-electron chi connectivity index (χ4n) is 2.92. The van der Waals surface area contributed by atoms with Gasteiger partial charge in [0.15, 0.2) is 0 Å². The lowest BCUT2D eigenvalue weighted by molar-refractivity contribution is -0.274. The van der Waals surface area contributed by atoms with Crippen LogP contribution in [0.3, 0.4) is 0 Å². The average Bonchev–Trinajstić information content (AvgIpc) is 2.99. The van der Waals surface area contributed by atoms with Crippen LogP contribution in [-0.4, -0.2) is 22.9 Å². The first-order valence-electron chi connectivity index (χ1n) is 8.37. The van der Waals surface area contributed by atoms with Gasteiger partial charge in [0.2, 0.25) is 0 Å². The van der Waals surface area contributed by atoms with Gasteiger partial charge in [-0.3, -0.25) is 0 Å². The van der Waals surface area contributed by atoms with Crippen molar-refractivity contribution in [3.63, 3.8) is 0 Å². The van der Waals surface area contributed by atoms with Crippen molar-refractivity contribution in [3.05, 3.63) is 53.9 Å². The number of rotatable bonds is 6. The molecule has 3 aromatic rings. The molecule has 1 aromatic heterocycles. The number of nitrogens with one attached hydrogen (secondary N) is 1. The predicted octanol–water partition coefficient (Wildman–Crippen LogP) is 5.40. The highest BCUT2D eigenvalue weighted by Crippen LogP contribution is 2.31. The van der Waals surface area contributed by atoms with Gasteiger partial charge in [-0.15, -0.1) is 13.2 Å². The van der Waals surface area contributed by atoms with Gasteiger partial charge < -0.3 is 14.5 Å². The molecule has 0 aliphatic heterocycles. The maximum atomic E-state index is 12.3. The molecule has 7 heteroatoms. The molecule has 3 rings (SSSR count). The Hall–Kier alpha value is -2.70. The summed E-state index contributed by atoms with van der Waals surface area (Å²) in [5, 5.41) is 0. The van der Waals surface area contributed by atoms with Gasteiger partial charge in [-0.25, -0.2) is 4.98 Å². The first-order chi connectivity index (χ1) is 12.4. The van der Waals surface area contributed by atoms with Crippen LogP contribution in [0.15, 0.2) is 42.5 Å². The fraction of sp³-hybridized carbons (Fsp3) is 0.316. The van der Waals surface area contributed by atoms with E-state index in [1.165, 1.54) is 12.1 Å². The van der Waals surface area contributed by atoms with Crippen molar-refractivity contribution in [1.82, 2.24) is 9.97 Å². The summed E-state index contributed by atoms with van der Waals surface area (Å²) in [6.07, 6.45) is -3.94. The SMILES string of the molecule is CCOc1ccc2nc(C(CC)c3ccc(OC(F)(F)F)cc3)[nH]c2c1. The first kappa shape index (κ1) is 18.1. The largest absolute Gasteiger partial charge is 0.573 e. The molecule has 1 heterocycles. The van der Waals surface area contributed by atoms with Gasteiger partial charge in [0.05, 0.1) is 17.6 Å². The number of benzene rings is 2. The molecule has 4 nitrogen and oxygen atoms in total. The van der Waals surface area contributed by atoms with Crippen LogP contribution in [0.1, 0.15) is 37.6 Å². The Morgan fingerprint density at radius 2 is 1.73 bits per heavy atom. The Balaban J connectivity index is 1.87. The van der Waals surface area contributed by atoms with Crippen molar-refractivity contribution < 1.29 is 22.6 Å². The minimum atomic E-state index is -4.69. The molecular formula is C19H19F3N2O2. The van der Waals surface area contributed by atoms with Crippen LogP contribution >= 0.6 is 0 Å². The Labute approximate surface area is 149 Å². The molecule has 0 aliphatic rings. The molecule has 0 amide bonds. The second kappa shape index (κ2) is 7.27. The van der Waals surface area contributed by atoms with E-state index in [0.717, 1.165) is 34.6 Å². The summed E-state index contributed by atoms with van der Waals surface area (Å²) in [5.41, 5.74) is 2.55. The lowest BCUT2D eigenvalue weighted by Gasteiger charge is -2.14. The van der Waals surface area contributed by atoms with E-state index in [1.54, 1.807) is 12.1 Å². The van der Waals surface area contributed by atoms with E-state index in [0.29, 0.717) is 6.61 Å². The quantitative estimate of drug-likeness (QED) is 0.637. The van der Waals surface area contributed by atoms with E-state index in [9.17, 15) is 13.2 Å². The van der Waals surface area contributed by atoms with Crippen molar-refractivity contribution in [2.24, 2.45) is 0 Å². The molecule has 1 N–H and O–H groups in total. The normalized spacial score (nSPS) is 13.0. The Morgan fingerprint density at radius 1 is 1.04 bits per heavy atom. The molecular weight excluding hydrogens is 345 g/mol. The molecule has 138 valence electrons. The zero-order chi connectivity index (χ0) is 18.7. The standard InChI is InChI=1S/C19H19F3N2O2/c1-3-15(12-5-7-13(8-6-12)26-19(20,21)22)18-23-16-10-9-14(25-4-2)11-17(16)24-18/h5-11,15H,3-4H2,1-2H3,(H,23,24). The Kier molecular flexibility index (Phi) is 5.06. The summed E-state index contributed by atoms with van der Waals surface area (Å²) in [6.45, 7) is 4.50. The van der Waals surface area contributed by atoms with Gasteiger partial charge in [-0.05, 0) is 43.2 Å². The van der Waals surface area contributed by atoms with Crippen molar-refractivity contribution >= 4 is 11.0 Å². The number of imidazole rings is 1. The lowest BCUT2D eigenvalue weighted by Crippen LogP contribution is -2.17. The third-order valence-corrected chi connectivity index (χ3v) is 4.04. The number of nitrogens with zero attached hydrogens (tertiary/aromatic N) is 1. The van der Waals surface area contributed by atoms with E-state index < -0.39 is 6.36 Å². The van der Waals surface area contributed by atoms with Crippen LogP contribution in [0.25, 0.3) is 11.0 Å². The molecule has 1 unspecified atom stereocenters. The third-order valence-electron chi connectivity index (χ3n) is 4.04.